The minimum Gasteiger partial charge on any atom is -0.370 e. The van der Waals surface area contributed by atoms with Gasteiger partial charge in [0.2, 0.25) is 0 Å². The maximum atomic E-state index is 12.1. The van der Waals surface area contributed by atoms with Crippen molar-refractivity contribution >= 4 is 36.1 Å². The Morgan fingerprint density at radius 3 is 2.45 bits per heavy atom. The van der Waals surface area contributed by atoms with Crippen LogP contribution in [0.3, 0.4) is 0 Å². The third-order valence-electron chi connectivity index (χ3n) is 5.26. The van der Waals surface area contributed by atoms with Crippen molar-refractivity contribution in [3.8, 4) is 0 Å². The van der Waals surface area contributed by atoms with Crippen LogP contribution >= 0.6 is 11.6 Å². The number of hydrogen-bond donors (Lipinski definition) is 2. The third kappa shape index (κ3) is 14.0. The number of nitrogens with one attached hydrogen (secondary N) is 1. The van der Waals surface area contributed by atoms with Crippen molar-refractivity contribution in [2.24, 2.45) is 15.7 Å². The van der Waals surface area contributed by atoms with E-state index in [1.807, 2.05) is 19.2 Å². The van der Waals surface area contributed by atoms with Crippen LogP contribution in [0.4, 0.5) is 19.0 Å². The maximum absolute atomic E-state index is 12.1. The molecule has 0 bridgehead atoms. The molecule has 0 aliphatic heterocycles. The largest absolute Gasteiger partial charge is 0.416 e. The van der Waals surface area contributed by atoms with E-state index < -0.39 is 11.7 Å². The first-order valence-electron chi connectivity index (χ1n) is 12.3. The van der Waals surface area contributed by atoms with E-state index in [1.165, 1.54) is 18.6 Å². The van der Waals surface area contributed by atoms with Gasteiger partial charge in [-0.1, -0.05) is 31.2 Å². The van der Waals surface area contributed by atoms with Crippen molar-refractivity contribution in [1.29, 1.82) is 0 Å². The zero-order valence-electron chi connectivity index (χ0n) is 22.6. The number of anilines is 1. The summed E-state index contributed by atoms with van der Waals surface area (Å²) in [4.78, 5) is 21.6. The predicted molar refractivity (Wildman–Crippen MR) is 153 cm³/mol. The van der Waals surface area contributed by atoms with E-state index in [-0.39, 0.29) is 12.5 Å². The molecule has 1 aromatic heterocycles. The van der Waals surface area contributed by atoms with Crippen LogP contribution in [0.25, 0.3) is 0 Å². The van der Waals surface area contributed by atoms with Crippen LogP contribution in [-0.2, 0) is 17.5 Å². The van der Waals surface area contributed by atoms with Gasteiger partial charge in [-0.15, -0.1) is 11.6 Å². The summed E-state index contributed by atoms with van der Waals surface area (Å²) in [5.41, 5.74) is 9.37. The van der Waals surface area contributed by atoms with Crippen molar-refractivity contribution in [2.75, 3.05) is 17.9 Å². The number of carbonyl (C=O) groups is 1. The number of aliphatic imine (C=N–C) groups is 2. The molecule has 0 atom stereocenters. The summed E-state index contributed by atoms with van der Waals surface area (Å²) in [7, 11) is 0. The van der Waals surface area contributed by atoms with Gasteiger partial charge in [-0.2, -0.15) is 13.2 Å². The molecule has 2 aromatic rings. The molecule has 0 spiro atoms. The molecule has 1 aromatic carbocycles. The molecule has 0 amide bonds. The Bertz CT molecular complexity index is 1040. The van der Waals surface area contributed by atoms with Gasteiger partial charge < -0.3 is 15.8 Å². The monoisotopic (exact) mass is 553 g/mol. The summed E-state index contributed by atoms with van der Waals surface area (Å²) in [5.74, 6) is 0.962. The highest BCUT2D eigenvalue weighted by atomic mass is 35.5. The average Bonchev–Trinajstić information content (AvgIpc) is 2.89. The standard InChI is InChI=1S/C18H27ClN4.C8H8F3N.C2H4O/c1-5-16(15(3)23-13-19)17(20-4)10-6-7-11-21-18-14(2)9-8-12-22-18;9-8(10,11)7-3-1-2-6(4-7)5-12;1-2-3/h8-9,12H,4-7,10-11,13H2,1-3H3,(H,21,22);1-4H,5,12H2;2H,1H3/b17-16-,23-15-;;. The molecule has 38 heavy (non-hydrogen) atoms. The number of aryl methyl sites for hydroxylation is 1. The minimum atomic E-state index is -4.27. The second-order valence-electron chi connectivity index (χ2n) is 7.99. The Hall–Kier alpha value is -3.04. The number of hydrogen-bond acceptors (Lipinski definition) is 6. The van der Waals surface area contributed by atoms with E-state index >= 15 is 0 Å². The number of halogens is 4. The molecule has 0 aliphatic carbocycles. The molecule has 0 unspecified atom stereocenters. The molecule has 210 valence electrons. The van der Waals surface area contributed by atoms with Crippen molar-refractivity contribution in [3.63, 3.8) is 0 Å². The summed E-state index contributed by atoms with van der Waals surface area (Å²) in [6.45, 7) is 12.3. The number of allylic oxidation sites excluding steroid dienone is 2. The lowest BCUT2D eigenvalue weighted by Gasteiger charge is -2.11. The highest BCUT2D eigenvalue weighted by molar-refractivity contribution is 6.18. The number of unbranched alkanes of at least 4 members (excludes halogenated alkanes) is 1. The second-order valence-corrected chi connectivity index (χ2v) is 8.23. The highest BCUT2D eigenvalue weighted by Gasteiger charge is 2.30. The molecule has 0 fully saturated rings. The number of nitrogens with zero attached hydrogens (tertiary/aromatic N) is 3. The Balaban J connectivity index is 0.000000759. The fourth-order valence-electron chi connectivity index (χ4n) is 3.35. The molecule has 0 saturated heterocycles. The highest BCUT2D eigenvalue weighted by Crippen LogP contribution is 2.29. The summed E-state index contributed by atoms with van der Waals surface area (Å²) in [6, 6.07) is 9.29. The number of aromatic nitrogens is 1. The molecule has 10 heteroatoms. The zero-order chi connectivity index (χ0) is 29.0. The lowest BCUT2D eigenvalue weighted by atomic mass is 10.0. The van der Waals surface area contributed by atoms with Crippen molar-refractivity contribution in [1.82, 2.24) is 4.98 Å². The number of carbonyl (C=O) groups excluding carboxylic acids is 1. The second kappa shape index (κ2) is 20.0. The van der Waals surface area contributed by atoms with Crippen LogP contribution < -0.4 is 11.1 Å². The predicted octanol–water partition coefficient (Wildman–Crippen LogP) is 7.36. The first kappa shape index (κ1) is 35.0. The van der Waals surface area contributed by atoms with E-state index in [9.17, 15) is 13.2 Å². The molecular formula is C28H39ClF3N5O. The minimum absolute atomic E-state index is 0.129. The van der Waals surface area contributed by atoms with Crippen molar-refractivity contribution in [2.45, 2.75) is 66.1 Å². The number of aldehydes is 1. The smallest absolute Gasteiger partial charge is 0.370 e. The Morgan fingerprint density at radius 2 is 1.92 bits per heavy atom. The molecule has 0 aliphatic rings. The van der Waals surface area contributed by atoms with Gasteiger partial charge in [0.25, 0.3) is 0 Å². The molecule has 6 nitrogen and oxygen atoms in total. The van der Waals surface area contributed by atoms with Crippen molar-refractivity contribution < 1.29 is 18.0 Å². The normalized spacial score (nSPS) is 11.8. The van der Waals surface area contributed by atoms with Gasteiger partial charge in [0.15, 0.2) is 0 Å². The van der Waals surface area contributed by atoms with Crippen LogP contribution in [0.2, 0.25) is 0 Å². The van der Waals surface area contributed by atoms with Crippen LogP contribution in [0.1, 0.15) is 63.1 Å². The van der Waals surface area contributed by atoms with Gasteiger partial charge in [-0.25, -0.2) is 4.98 Å². The third-order valence-corrected chi connectivity index (χ3v) is 5.38. The topological polar surface area (TPSA) is 92.7 Å². The molecule has 0 saturated carbocycles. The SMILES string of the molecule is C=N/C(CCCCNc1ncccc1C)=C(CC)\C(C)=N/CCl.CC=O.NCc1cccc(C(F)(F)F)c1. The lowest BCUT2D eigenvalue weighted by molar-refractivity contribution is -0.137. The number of benzene rings is 1. The van der Waals surface area contributed by atoms with Gasteiger partial charge in [-0.3, -0.25) is 9.98 Å². The van der Waals surface area contributed by atoms with Crippen LogP contribution in [-0.4, -0.2) is 36.2 Å². The first-order valence-corrected chi connectivity index (χ1v) is 12.8. The molecule has 0 radical (unpaired) electrons. The van der Waals surface area contributed by atoms with Gasteiger partial charge in [0.1, 0.15) is 18.1 Å². The molecule has 3 N–H and O–H groups in total. The zero-order valence-corrected chi connectivity index (χ0v) is 23.4. The average molecular weight is 554 g/mol. The van der Waals surface area contributed by atoms with Gasteiger partial charge in [0, 0.05) is 30.7 Å². The molecule has 2 rings (SSSR count). The van der Waals surface area contributed by atoms with E-state index in [1.54, 1.807) is 6.07 Å². The number of nitrogens with two attached hydrogens (primary N) is 1. The maximum Gasteiger partial charge on any atom is 0.416 e. The number of rotatable bonds is 11. The number of alkyl halides is 4. The van der Waals surface area contributed by atoms with Crippen LogP contribution in [0.5, 0.6) is 0 Å². The van der Waals surface area contributed by atoms with Gasteiger partial charge in [0.05, 0.1) is 5.56 Å². The Labute approximate surface area is 229 Å². The Kier molecular flexibility index (Phi) is 18.4. The summed E-state index contributed by atoms with van der Waals surface area (Å²) < 4.78 is 36.2. The summed E-state index contributed by atoms with van der Waals surface area (Å²) in [5, 5.41) is 3.38. The summed E-state index contributed by atoms with van der Waals surface area (Å²) in [6.07, 6.45) is 2.19. The first-order chi connectivity index (χ1) is 18.1. The number of pyridine rings is 1. The van der Waals surface area contributed by atoms with E-state index in [4.69, 9.17) is 22.1 Å². The van der Waals surface area contributed by atoms with Gasteiger partial charge in [-0.05, 0) is 82.0 Å². The van der Waals surface area contributed by atoms with Crippen molar-refractivity contribution in [3.05, 3.63) is 70.6 Å². The fraction of sp³-hybridized carbons (Fsp3) is 0.429. The Morgan fingerprint density at radius 1 is 1.24 bits per heavy atom. The van der Waals surface area contributed by atoms with E-state index in [2.05, 4.69) is 46.9 Å². The van der Waals surface area contributed by atoms with E-state index in [0.29, 0.717) is 5.56 Å². The quantitative estimate of drug-likeness (QED) is 0.0999. The lowest BCUT2D eigenvalue weighted by Crippen LogP contribution is -2.06. The van der Waals surface area contributed by atoms with Crippen LogP contribution in [0.15, 0.2) is 63.8 Å². The molecule has 1 heterocycles. The molecular weight excluding hydrogens is 515 g/mol. The summed E-state index contributed by atoms with van der Waals surface area (Å²) >= 11 is 5.69. The fourth-order valence-corrected chi connectivity index (χ4v) is 3.53. The van der Waals surface area contributed by atoms with E-state index in [0.717, 1.165) is 73.4 Å². The van der Waals surface area contributed by atoms with Gasteiger partial charge >= 0.3 is 6.18 Å². The van der Waals surface area contributed by atoms with Crippen LogP contribution in [0, 0.1) is 6.92 Å².